The number of hydrogen-bond donors (Lipinski definition) is 2. The van der Waals surface area contributed by atoms with E-state index < -0.39 is 23.0 Å². The number of amides is 2. The molecule has 2 fully saturated rings. The third-order valence-corrected chi connectivity index (χ3v) is 7.62. The molecule has 1 unspecified atom stereocenters. The summed E-state index contributed by atoms with van der Waals surface area (Å²) in [6.07, 6.45) is 1.38. The van der Waals surface area contributed by atoms with Gasteiger partial charge in [0.2, 0.25) is 5.91 Å². The minimum Gasteiger partial charge on any atom is -0.481 e. The molecule has 2 aliphatic carbocycles. The highest BCUT2D eigenvalue weighted by atomic mass is 16.5. The van der Waals surface area contributed by atoms with Crippen molar-refractivity contribution in [3.63, 3.8) is 0 Å². The summed E-state index contributed by atoms with van der Waals surface area (Å²) < 4.78 is 5.61. The Morgan fingerprint density at radius 3 is 2.15 bits per heavy atom. The van der Waals surface area contributed by atoms with Crippen LogP contribution >= 0.6 is 0 Å². The fourth-order valence-electron chi connectivity index (χ4n) is 5.31. The molecule has 0 bridgehead atoms. The van der Waals surface area contributed by atoms with Crippen molar-refractivity contribution < 1.29 is 24.2 Å². The first-order chi connectivity index (χ1) is 15.9. The van der Waals surface area contributed by atoms with E-state index in [1.165, 1.54) is 0 Å². The summed E-state index contributed by atoms with van der Waals surface area (Å²) in [5.74, 6) is -1.12. The van der Waals surface area contributed by atoms with Crippen molar-refractivity contribution in [2.75, 3.05) is 19.7 Å². The van der Waals surface area contributed by atoms with Crippen LogP contribution < -0.4 is 5.32 Å². The number of carbonyl (C=O) groups is 3. The predicted octanol–water partition coefficient (Wildman–Crippen LogP) is 3.77. The van der Waals surface area contributed by atoms with Crippen LogP contribution in [-0.4, -0.2) is 53.2 Å². The Morgan fingerprint density at radius 2 is 1.64 bits per heavy atom. The Morgan fingerprint density at radius 1 is 1.03 bits per heavy atom. The average Bonchev–Trinajstić information content (AvgIpc) is 3.34. The van der Waals surface area contributed by atoms with Crippen molar-refractivity contribution in [3.8, 4) is 11.1 Å². The molecule has 1 heterocycles. The van der Waals surface area contributed by atoms with Gasteiger partial charge < -0.3 is 20.1 Å². The smallest absolute Gasteiger partial charge is 0.408 e. The molecule has 1 saturated carbocycles. The summed E-state index contributed by atoms with van der Waals surface area (Å²) >= 11 is 0. The summed E-state index contributed by atoms with van der Waals surface area (Å²) in [6, 6.07) is 16.3. The van der Waals surface area contributed by atoms with Crippen molar-refractivity contribution in [2.24, 2.45) is 5.41 Å². The molecule has 172 valence electrons. The van der Waals surface area contributed by atoms with Gasteiger partial charge in [0, 0.05) is 19.0 Å². The van der Waals surface area contributed by atoms with Gasteiger partial charge in [-0.05, 0) is 47.9 Å². The van der Waals surface area contributed by atoms with Gasteiger partial charge in [-0.15, -0.1) is 0 Å². The van der Waals surface area contributed by atoms with E-state index in [4.69, 9.17) is 4.74 Å². The van der Waals surface area contributed by atoms with E-state index in [-0.39, 0.29) is 25.0 Å². The van der Waals surface area contributed by atoms with Crippen LogP contribution in [0.3, 0.4) is 0 Å². The minimum absolute atomic E-state index is 0.0478. The third kappa shape index (κ3) is 3.56. The highest BCUT2D eigenvalue weighted by Crippen LogP contribution is 2.45. The van der Waals surface area contributed by atoms with E-state index >= 15 is 0 Å². The van der Waals surface area contributed by atoms with E-state index in [2.05, 4.69) is 29.6 Å². The van der Waals surface area contributed by atoms with Crippen molar-refractivity contribution in [3.05, 3.63) is 59.7 Å². The molecule has 3 aliphatic rings. The molecule has 5 rings (SSSR count). The lowest BCUT2D eigenvalue weighted by atomic mass is 9.84. The fourth-order valence-corrected chi connectivity index (χ4v) is 5.31. The zero-order valence-corrected chi connectivity index (χ0v) is 18.7. The number of likely N-dealkylation sites (tertiary alicyclic amines) is 1. The lowest BCUT2D eigenvalue weighted by Crippen LogP contribution is -2.51. The van der Waals surface area contributed by atoms with E-state index in [0.29, 0.717) is 32.2 Å². The molecule has 0 aromatic heterocycles. The van der Waals surface area contributed by atoms with E-state index in [1.807, 2.05) is 31.2 Å². The molecule has 7 nitrogen and oxygen atoms in total. The molecule has 0 radical (unpaired) electrons. The Labute approximate surface area is 192 Å². The highest BCUT2D eigenvalue weighted by Gasteiger charge is 2.56. The molecule has 1 saturated heterocycles. The molecular weight excluding hydrogens is 420 g/mol. The number of ether oxygens (including phenoxy) is 1. The molecule has 1 aliphatic heterocycles. The molecule has 2 N–H and O–H groups in total. The number of carboxylic acids is 1. The average molecular weight is 449 g/mol. The van der Waals surface area contributed by atoms with E-state index in [0.717, 1.165) is 22.3 Å². The molecule has 2 amide bonds. The van der Waals surface area contributed by atoms with Crippen LogP contribution in [0.5, 0.6) is 0 Å². The van der Waals surface area contributed by atoms with Gasteiger partial charge in [-0.25, -0.2) is 4.79 Å². The maximum atomic E-state index is 13.1. The lowest BCUT2D eigenvalue weighted by Gasteiger charge is -2.26. The molecular formula is C26H28N2O5. The number of nitrogens with one attached hydrogen (secondary N) is 1. The predicted molar refractivity (Wildman–Crippen MR) is 122 cm³/mol. The second-order valence-corrected chi connectivity index (χ2v) is 9.45. The number of rotatable bonds is 6. The SMILES string of the molecule is CCC1(C(=O)O)CCN(C(=O)C2(NC(=O)OCC3c4ccccc4-c4ccccc43)CC2)C1. The number of hydrogen-bond acceptors (Lipinski definition) is 4. The number of fused-ring (bicyclic) bond motifs is 3. The molecule has 1 atom stereocenters. The van der Waals surface area contributed by atoms with Gasteiger partial charge in [-0.3, -0.25) is 9.59 Å². The van der Waals surface area contributed by atoms with Crippen molar-refractivity contribution >= 4 is 18.0 Å². The molecule has 2 aromatic carbocycles. The van der Waals surface area contributed by atoms with Crippen molar-refractivity contribution in [1.82, 2.24) is 10.2 Å². The minimum atomic E-state index is -0.967. The van der Waals surface area contributed by atoms with Gasteiger partial charge in [0.25, 0.3) is 0 Å². The van der Waals surface area contributed by atoms with Crippen LogP contribution in [0.15, 0.2) is 48.5 Å². The van der Waals surface area contributed by atoms with Gasteiger partial charge in [-0.2, -0.15) is 0 Å². The Hall–Kier alpha value is -3.35. The van der Waals surface area contributed by atoms with Gasteiger partial charge in [-0.1, -0.05) is 55.5 Å². The Balaban J connectivity index is 1.23. The second-order valence-electron chi connectivity index (χ2n) is 9.45. The monoisotopic (exact) mass is 448 g/mol. The van der Waals surface area contributed by atoms with Crippen LogP contribution in [0.2, 0.25) is 0 Å². The summed E-state index contributed by atoms with van der Waals surface area (Å²) in [5, 5.41) is 12.4. The first-order valence-corrected chi connectivity index (χ1v) is 11.6. The number of benzene rings is 2. The zero-order chi connectivity index (χ0) is 23.2. The third-order valence-electron chi connectivity index (χ3n) is 7.62. The fraction of sp³-hybridized carbons (Fsp3) is 0.423. The molecule has 33 heavy (non-hydrogen) atoms. The van der Waals surface area contributed by atoms with Gasteiger partial charge in [0.15, 0.2) is 0 Å². The number of nitrogens with zero attached hydrogens (tertiary/aromatic N) is 1. The first kappa shape index (κ1) is 21.5. The van der Waals surface area contributed by atoms with Crippen LogP contribution in [0, 0.1) is 5.41 Å². The summed E-state index contributed by atoms with van der Waals surface area (Å²) in [7, 11) is 0. The van der Waals surface area contributed by atoms with E-state index in [9.17, 15) is 19.5 Å². The largest absolute Gasteiger partial charge is 0.481 e. The Kier molecular flexibility index (Phi) is 5.15. The van der Waals surface area contributed by atoms with Crippen LogP contribution in [0.1, 0.15) is 49.7 Å². The second kappa shape index (κ2) is 7.90. The maximum Gasteiger partial charge on any atom is 0.408 e. The maximum absolute atomic E-state index is 13.1. The number of aliphatic carboxylic acids is 1. The van der Waals surface area contributed by atoms with Gasteiger partial charge in [0.05, 0.1) is 5.41 Å². The number of carbonyl (C=O) groups excluding carboxylic acids is 2. The van der Waals surface area contributed by atoms with Crippen LogP contribution in [0.25, 0.3) is 11.1 Å². The molecule has 2 aromatic rings. The normalized spacial score (nSPS) is 22.4. The zero-order valence-electron chi connectivity index (χ0n) is 18.7. The summed E-state index contributed by atoms with van der Waals surface area (Å²) in [5.41, 5.74) is 2.71. The first-order valence-electron chi connectivity index (χ1n) is 11.6. The van der Waals surface area contributed by atoms with Crippen molar-refractivity contribution in [2.45, 2.75) is 44.1 Å². The number of carboxylic acid groups (broad SMARTS) is 1. The van der Waals surface area contributed by atoms with E-state index in [1.54, 1.807) is 4.90 Å². The van der Waals surface area contributed by atoms with Gasteiger partial charge >= 0.3 is 12.1 Å². The van der Waals surface area contributed by atoms with Gasteiger partial charge in [0.1, 0.15) is 12.1 Å². The standard InChI is InChI=1S/C26H28N2O5/c1-2-25(23(30)31)13-14-28(16-25)22(29)26(11-12-26)27-24(32)33-15-21-19-9-5-3-7-17(19)18-8-4-6-10-20(18)21/h3-10,21H,2,11-16H2,1H3,(H,27,32)(H,30,31). The summed E-state index contributed by atoms with van der Waals surface area (Å²) in [4.78, 5) is 39.2. The summed E-state index contributed by atoms with van der Waals surface area (Å²) in [6.45, 7) is 2.61. The lowest BCUT2D eigenvalue weighted by molar-refractivity contribution is -0.148. The molecule has 0 spiro atoms. The van der Waals surface area contributed by atoms with Crippen LogP contribution in [0.4, 0.5) is 4.79 Å². The number of alkyl carbamates (subject to hydrolysis) is 1. The quantitative estimate of drug-likeness (QED) is 0.701. The Bertz CT molecular complexity index is 1080. The van der Waals surface area contributed by atoms with Crippen LogP contribution in [-0.2, 0) is 14.3 Å². The van der Waals surface area contributed by atoms with Crippen molar-refractivity contribution in [1.29, 1.82) is 0 Å². The topological polar surface area (TPSA) is 95.9 Å². The molecule has 7 heteroatoms. The highest BCUT2D eigenvalue weighted by molar-refractivity contribution is 5.93.